The van der Waals surface area contributed by atoms with Crippen molar-refractivity contribution in [2.45, 2.75) is 6.04 Å². The maximum Gasteiger partial charge on any atom is 0.196 e. The van der Waals surface area contributed by atoms with E-state index in [2.05, 4.69) is 25.9 Å². The van der Waals surface area contributed by atoms with Gasteiger partial charge in [-0.25, -0.2) is 0 Å². The van der Waals surface area contributed by atoms with E-state index in [1.54, 1.807) is 11.3 Å². The lowest BCUT2D eigenvalue weighted by atomic mass is 10.2. The fourth-order valence-electron chi connectivity index (χ4n) is 1.15. The molecule has 5 nitrogen and oxygen atoms in total. The summed E-state index contributed by atoms with van der Waals surface area (Å²) in [6, 6.07) is 4.09. The lowest BCUT2D eigenvalue weighted by Crippen LogP contribution is -2.17. The number of nitrogens with zero attached hydrogens (tertiary/aromatic N) is 3. The SMILES string of the molecule is CNC(c1nn[nH]n1)c1cccs1. The Balaban J connectivity index is 2.29. The van der Waals surface area contributed by atoms with Crippen LogP contribution in [0.25, 0.3) is 0 Å². The van der Waals surface area contributed by atoms with Gasteiger partial charge in [0.25, 0.3) is 0 Å². The van der Waals surface area contributed by atoms with Crippen molar-refractivity contribution in [3.05, 3.63) is 28.2 Å². The Morgan fingerprint density at radius 2 is 2.54 bits per heavy atom. The number of H-pyrrole nitrogens is 1. The van der Waals surface area contributed by atoms with Crippen LogP contribution in [0.15, 0.2) is 17.5 Å². The number of tetrazole rings is 1. The van der Waals surface area contributed by atoms with Gasteiger partial charge in [-0.3, -0.25) is 0 Å². The van der Waals surface area contributed by atoms with E-state index < -0.39 is 0 Å². The first-order valence-corrected chi connectivity index (χ1v) is 4.74. The number of nitrogens with one attached hydrogen (secondary N) is 2. The van der Waals surface area contributed by atoms with Gasteiger partial charge in [-0.2, -0.15) is 5.21 Å². The Morgan fingerprint density at radius 3 is 3.08 bits per heavy atom. The van der Waals surface area contributed by atoms with Crippen molar-refractivity contribution in [2.24, 2.45) is 0 Å². The quantitative estimate of drug-likeness (QED) is 0.751. The van der Waals surface area contributed by atoms with E-state index in [-0.39, 0.29) is 6.04 Å². The highest BCUT2D eigenvalue weighted by atomic mass is 32.1. The minimum absolute atomic E-state index is 0.0405. The van der Waals surface area contributed by atoms with Gasteiger partial charge in [-0.15, -0.1) is 21.5 Å². The molecule has 68 valence electrons. The summed E-state index contributed by atoms with van der Waals surface area (Å²) in [7, 11) is 1.88. The predicted octanol–water partition coefficient (Wildman–Crippen LogP) is 0.570. The molecule has 0 amide bonds. The van der Waals surface area contributed by atoms with Crippen molar-refractivity contribution in [1.29, 1.82) is 0 Å². The zero-order valence-corrected chi connectivity index (χ0v) is 7.88. The fourth-order valence-corrected chi connectivity index (χ4v) is 1.98. The maximum absolute atomic E-state index is 3.94. The highest BCUT2D eigenvalue weighted by molar-refractivity contribution is 7.10. The summed E-state index contributed by atoms with van der Waals surface area (Å²) < 4.78 is 0. The zero-order valence-electron chi connectivity index (χ0n) is 7.06. The van der Waals surface area contributed by atoms with E-state index in [0.717, 1.165) is 0 Å². The first-order valence-electron chi connectivity index (χ1n) is 3.86. The van der Waals surface area contributed by atoms with Crippen molar-refractivity contribution in [3.8, 4) is 0 Å². The van der Waals surface area contributed by atoms with Gasteiger partial charge in [0.05, 0.1) is 0 Å². The Labute approximate surface area is 79.2 Å². The van der Waals surface area contributed by atoms with E-state index in [1.165, 1.54) is 4.88 Å². The normalized spacial score (nSPS) is 13.0. The molecule has 2 aromatic rings. The average molecular weight is 195 g/mol. The number of aromatic amines is 1. The van der Waals surface area contributed by atoms with Gasteiger partial charge in [0.1, 0.15) is 6.04 Å². The van der Waals surface area contributed by atoms with Gasteiger partial charge >= 0.3 is 0 Å². The monoisotopic (exact) mass is 195 g/mol. The molecule has 6 heteroatoms. The predicted molar refractivity (Wildman–Crippen MR) is 49.4 cm³/mol. The van der Waals surface area contributed by atoms with Crippen molar-refractivity contribution in [2.75, 3.05) is 7.05 Å². The van der Waals surface area contributed by atoms with E-state index >= 15 is 0 Å². The second-order valence-corrected chi connectivity index (χ2v) is 3.49. The van der Waals surface area contributed by atoms with Crippen molar-refractivity contribution < 1.29 is 0 Å². The molecule has 0 saturated carbocycles. The van der Waals surface area contributed by atoms with Crippen LogP contribution >= 0.6 is 11.3 Å². The summed E-state index contributed by atoms with van der Waals surface area (Å²) >= 11 is 1.67. The average Bonchev–Trinajstić information content (AvgIpc) is 2.76. The van der Waals surface area contributed by atoms with Crippen molar-refractivity contribution >= 4 is 11.3 Å². The van der Waals surface area contributed by atoms with E-state index in [9.17, 15) is 0 Å². The Hall–Kier alpha value is -1.27. The molecular weight excluding hydrogens is 186 g/mol. The third-order valence-corrected chi connectivity index (χ3v) is 2.67. The molecule has 0 aromatic carbocycles. The van der Waals surface area contributed by atoms with Gasteiger partial charge in [-0.05, 0) is 18.5 Å². The van der Waals surface area contributed by atoms with Gasteiger partial charge in [0.15, 0.2) is 5.82 Å². The first-order chi connectivity index (χ1) is 6.42. The minimum Gasteiger partial charge on any atom is -0.306 e. The highest BCUT2D eigenvalue weighted by Gasteiger charge is 2.16. The molecule has 13 heavy (non-hydrogen) atoms. The molecule has 1 unspecified atom stereocenters. The molecular formula is C7H9N5S. The molecule has 0 aliphatic heterocycles. The smallest absolute Gasteiger partial charge is 0.196 e. The standard InChI is InChI=1S/C7H9N5S/c1-8-6(5-3-2-4-13-5)7-9-11-12-10-7/h2-4,6,8H,1H3,(H,9,10,11,12). The summed E-state index contributed by atoms with van der Waals surface area (Å²) in [6.45, 7) is 0. The largest absolute Gasteiger partial charge is 0.306 e. The number of thiophene rings is 1. The van der Waals surface area contributed by atoms with E-state index in [1.807, 2.05) is 24.6 Å². The number of hydrogen-bond acceptors (Lipinski definition) is 5. The van der Waals surface area contributed by atoms with Crippen molar-refractivity contribution in [1.82, 2.24) is 25.9 Å². The van der Waals surface area contributed by atoms with Crippen LogP contribution in [-0.2, 0) is 0 Å². The molecule has 1 atom stereocenters. The zero-order chi connectivity index (χ0) is 9.10. The maximum atomic E-state index is 3.94. The molecule has 2 N–H and O–H groups in total. The Kier molecular flexibility index (Phi) is 2.33. The number of aromatic nitrogens is 4. The topological polar surface area (TPSA) is 66.5 Å². The van der Waals surface area contributed by atoms with Gasteiger partial charge in [-0.1, -0.05) is 11.3 Å². The van der Waals surface area contributed by atoms with E-state index in [0.29, 0.717) is 5.82 Å². The van der Waals surface area contributed by atoms with Gasteiger partial charge in [0, 0.05) is 4.88 Å². The molecule has 2 rings (SSSR count). The minimum atomic E-state index is 0.0405. The summed E-state index contributed by atoms with van der Waals surface area (Å²) in [5, 5.41) is 19.0. The molecule has 0 aliphatic carbocycles. The third-order valence-electron chi connectivity index (χ3n) is 1.74. The molecule has 0 fully saturated rings. The summed E-state index contributed by atoms with van der Waals surface area (Å²) in [5.41, 5.74) is 0. The summed E-state index contributed by atoms with van der Waals surface area (Å²) in [6.07, 6.45) is 0. The molecule has 0 bridgehead atoms. The summed E-state index contributed by atoms with van der Waals surface area (Å²) in [5.74, 6) is 0.671. The Morgan fingerprint density at radius 1 is 1.62 bits per heavy atom. The van der Waals surface area contributed by atoms with Crippen LogP contribution in [0.1, 0.15) is 16.7 Å². The molecule has 2 aromatic heterocycles. The third kappa shape index (κ3) is 1.58. The number of rotatable bonds is 3. The van der Waals surface area contributed by atoms with Crippen LogP contribution in [0.3, 0.4) is 0 Å². The fraction of sp³-hybridized carbons (Fsp3) is 0.286. The van der Waals surface area contributed by atoms with Crippen LogP contribution in [0.5, 0.6) is 0 Å². The van der Waals surface area contributed by atoms with Crippen LogP contribution < -0.4 is 5.32 Å². The van der Waals surface area contributed by atoms with Gasteiger partial charge < -0.3 is 5.32 Å². The molecule has 0 spiro atoms. The lowest BCUT2D eigenvalue weighted by Gasteiger charge is -2.08. The number of hydrogen-bond donors (Lipinski definition) is 2. The molecule has 2 heterocycles. The Bertz CT molecular complexity index is 307. The van der Waals surface area contributed by atoms with Crippen LogP contribution in [0, 0.1) is 0 Å². The van der Waals surface area contributed by atoms with Crippen molar-refractivity contribution in [3.63, 3.8) is 0 Å². The van der Waals surface area contributed by atoms with Crippen LogP contribution in [0.4, 0.5) is 0 Å². The highest BCUT2D eigenvalue weighted by Crippen LogP contribution is 2.21. The molecule has 0 aliphatic rings. The van der Waals surface area contributed by atoms with E-state index in [4.69, 9.17) is 0 Å². The second kappa shape index (κ2) is 3.63. The molecule has 0 radical (unpaired) electrons. The first kappa shape index (κ1) is 8.33. The second-order valence-electron chi connectivity index (χ2n) is 2.51. The molecule has 0 saturated heterocycles. The summed E-state index contributed by atoms with van der Waals surface area (Å²) in [4.78, 5) is 1.18. The van der Waals surface area contributed by atoms with Crippen LogP contribution in [0.2, 0.25) is 0 Å². The van der Waals surface area contributed by atoms with Gasteiger partial charge in [0.2, 0.25) is 0 Å². The lowest BCUT2D eigenvalue weighted by molar-refractivity contribution is 0.658. The van der Waals surface area contributed by atoms with Crippen LogP contribution in [-0.4, -0.2) is 27.7 Å².